The second-order valence-electron chi connectivity index (χ2n) is 4.66. The number of aryl methyl sites for hydroxylation is 1. The van der Waals surface area contributed by atoms with Crippen molar-refractivity contribution < 1.29 is 8.78 Å². The summed E-state index contributed by atoms with van der Waals surface area (Å²) >= 11 is 0. The zero-order valence-electron chi connectivity index (χ0n) is 8.53. The normalized spacial score (nSPS) is 19.1. The van der Waals surface area contributed by atoms with Crippen LogP contribution in [0.1, 0.15) is 37.8 Å². The summed E-state index contributed by atoms with van der Waals surface area (Å²) in [7, 11) is 0. The second kappa shape index (κ2) is 3.04. The molecule has 0 aliphatic heterocycles. The molecule has 0 heterocycles. The fraction of sp³-hybridized carbons (Fsp3) is 0.500. The Morgan fingerprint density at radius 1 is 1.14 bits per heavy atom. The molecule has 14 heavy (non-hydrogen) atoms. The summed E-state index contributed by atoms with van der Waals surface area (Å²) in [6.45, 7) is 4.17. The van der Waals surface area contributed by atoms with Gasteiger partial charge in [0.1, 0.15) is 0 Å². The van der Waals surface area contributed by atoms with E-state index in [1.165, 1.54) is 12.1 Å². The van der Waals surface area contributed by atoms with Gasteiger partial charge in [-0.05, 0) is 47.9 Å². The Balaban J connectivity index is 2.59. The quantitative estimate of drug-likeness (QED) is 0.595. The van der Waals surface area contributed by atoms with Gasteiger partial charge in [-0.15, -0.1) is 0 Å². The van der Waals surface area contributed by atoms with Crippen molar-refractivity contribution >= 4 is 0 Å². The van der Waals surface area contributed by atoms with E-state index in [1.54, 1.807) is 0 Å². The van der Waals surface area contributed by atoms with Gasteiger partial charge in [0.25, 0.3) is 0 Å². The fourth-order valence-corrected chi connectivity index (χ4v) is 2.28. The number of fused-ring (bicyclic) bond motifs is 1. The van der Waals surface area contributed by atoms with E-state index in [0.29, 0.717) is 0 Å². The molecule has 0 aromatic heterocycles. The molecule has 1 aliphatic rings. The Morgan fingerprint density at radius 2 is 1.79 bits per heavy atom. The number of benzene rings is 1. The predicted molar refractivity (Wildman–Crippen MR) is 52.3 cm³/mol. The highest BCUT2D eigenvalue weighted by molar-refractivity contribution is 5.36. The van der Waals surface area contributed by atoms with Crippen LogP contribution in [0.4, 0.5) is 8.78 Å². The summed E-state index contributed by atoms with van der Waals surface area (Å²) < 4.78 is 26.1. The van der Waals surface area contributed by atoms with E-state index in [-0.39, 0.29) is 5.41 Å². The van der Waals surface area contributed by atoms with E-state index in [1.807, 2.05) is 0 Å². The minimum Gasteiger partial charge on any atom is -0.204 e. The van der Waals surface area contributed by atoms with Gasteiger partial charge in [0.2, 0.25) is 0 Å². The Morgan fingerprint density at radius 3 is 2.50 bits per heavy atom. The van der Waals surface area contributed by atoms with Crippen molar-refractivity contribution in [2.45, 2.75) is 38.5 Å². The molecular formula is C12H14F2. The molecule has 0 nitrogen and oxygen atoms in total. The minimum absolute atomic E-state index is 0.0118. The number of rotatable bonds is 0. The highest BCUT2D eigenvalue weighted by atomic mass is 19.2. The van der Waals surface area contributed by atoms with E-state index in [9.17, 15) is 8.78 Å². The van der Waals surface area contributed by atoms with E-state index in [2.05, 4.69) is 13.8 Å². The summed E-state index contributed by atoms with van der Waals surface area (Å²) in [5, 5.41) is 0. The fourth-order valence-electron chi connectivity index (χ4n) is 2.28. The molecule has 2 heteroatoms. The van der Waals surface area contributed by atoms with Crippen molar-refractivity contribution in [1.29, 1.82) is 0 Å². The Bertz CT molecular complexity index is 367. The molecule has 0 amide bonds. The summed E-state index contributed by atoms with van der Waals surface area (Å²) in [5.41, 5.74) is 1.94. The van der Waals surface area contributed by atoms with Crippen LogP contribution in [0, 0.1) is 11.6 Å². The standard InChI is InChI=1S/C12H14F2/c1-12(2)5-3-4-8-6-10(13)11(14)7-9(8)12/h6-7H,3-5H2,1-2H3. The molecule has 0 spiro atoms. The van der Waals surface area contributed by atoms with E-state index < -0.39 is 11.6 Å². The summed E-state index contributed by atoms with van der Waals surface area (Å²) in [4.78, 5) is 0. The van der Waals surface area contributed by atoms with Crippen LogP contribution in [0.2, 0.25) is 0 Å². The Kier molecular flexibility index (Phi) is 2.09. The first kappa shape index (κ1) is 9.63. The molecule has 0 fully saturated rings. The summed E-state index contributed by atoms with van der Waals surface area (Å²) in [6.07, 6.45) is 2.98. The van der Waals surface area contributed by atoms with Gasteiger partial charge in [-0.2, -0.15) is 0 Å². The van der Waals surface area contributed by atoms with Gasteiger partial charge in [-0.1, -0.05) is 13.8 Å². The maximum atomic E-state index is 13.1. The molecule has 0 N–H and O–H groups in total. The van der Waals surface area contributed by atoms with Gasteiger partial charge in [0, 0.05) is 0 Å². The first-order chi connectivity index (χ1) is 6.50. The van der Waals surface area contributed by atoms with Crippen molar-refractivity contribution in [2.75, 3.05) is 0 Å². The van der Waals surface area contributed by atoms with Crippen LogP contribution in [-0.4, -0.2) is 0 Å². The smallest absolute Gasteiger partial charge is 0.159 e. The lowest BCUT2D eigenvalue weighted by atomic mass is 9.73. The van der Waals surface area contributed by atoms with E-state index in [0.717, 1.165) is 30.4 Å². The molecule has 0 unspecified atom stereocenters. The Labute approximate surface area is 82.9 Å². The third kappa shape index (κ3) is 1.43. The lowest BCUT2D eigenvalue weighted by Gasteiger charge is -2.32. The van der Waals surface area contributed by atoms with E-state index in [4.69, 9.17) is 0 Å². The first-order valence-corrected chi connectivity index (χ1v) is 4.99. The van der Waals surface area contributed by atoms with Crippen LogP contribution >= 0.6 is 0 Å². The third-order valence-corrected chi connectivity index (χ3v) is 3.12. The van der Waals surface area contributed by atoms with Gasteiger partial charge in [0.05, 0.1) is 0 Å². The zero-order chi connectivity index (χ0) is 10.3. The van der Waals surface area contributed by atoms with Crippen LogP contribution in [0.25, 0.3) is 0 Å². The van der Waals surface area contributed by atoms with Crippen LogP contribution < -0.4 is 0 Å². The van der Waals surface area contributed by atoms with Crippen molar-refractivity contribution in [3.8, 4) is 0 Å². The molecular weight excluding hydrogens is 182 g/mol. The molecule has 0 saturated heterocycles. The summed E-state index contributed by atoms with van der Waals surface area (Å²) in [6, 6.07) is 2.72. The molecule has 76 valence electrons. The van der Waals surface area contributed by atoms with Crippen LogP contribution in [0.3, 0.4) is 0 Å². The van der Waals surface area contributed by atoms with Gasteiger partial charge >= 0.3 is 0 Å². The maximum absolute atomic E-state index is 13.1. The highest BCUT2D eigenvalue weighted by Crippen LogP contribution is 2.37. The SMILES string of the molecule is CC1(C)CCCc2cc(F)c(F)cc21. The molecule has 1 aromatic carbocycles. The van der Waals surface area contributed by atoms with Crippen molar-refractivity contribution in [3.63, 3.8) is 0 Å². The Hall–Kier alpha value is -0.920. The number of halogens is 2. The molecule has 0 atom stereocenters. The van der Waals surface area contributed by atoms with Gasteiger partial charge in [-0.25, -0.2) is 8.78 Å². The second-order valence-corrected chi connectivity index (χ2v) is 4.66. The minimum atomic E-state index is -0.723. The zero-order valence-corrected chi connectivity index (χ0v) is 8.53. The molecule has 2 rings (SSSR count). The van der Waals surface area contributed by atoms with Crippen molar-refractivity contribution in [2.24, 2.45) is 0 Å². The molecule has 0 radical (unpaired) electrons. The largest absolute Gasteiger partial charge is 0.204 e. The van der Waals surface area contributed by atoms with Crippen LogP contribution in [0.5, 0.6) is 0 Å². The molecule has 1 aromatic rings. The lowest BCUT2D eigenvalue weighted by Crippen LogP contribution is -2.24. The maximum Gasteiger partial charge on any atom is 0.159 e. The monoisotopic (exact) mass is 196 g/mol. The third-order valence-electron chi connectivity index (χ3n) is 3.12. The average Bonchev–Trinajstić information content (AvgIpc) is 2.08. The number of hydrogen-bond acceptors (Lipinski definition) is 0. The highest BCUT2D eigenvalue weighted by Gasteiger charge is 2.28. The van der Waals surface area contributed by atoms with Gasteiger partial charge in [0.15, 0.2) is 11.6 Å². The van der Waals surface area contributed by atoms with E-state index >= 15 is 0 Å². The average molecular weight is 196 g/mol. The predicted octanol–water partition coefficient (Wildman–Crippen LogP) is 3.58. The topological polar surface area (TPSA) is 0 Å². The lowest BCUT2D eigenvalue weighted by molar-refractivity contribution is 0.420. The summed E-state index contributed by atoms with van der Waals surface area (Å²) in [5.74, 6) is -1.44. The first-order valence-electron chi connectivity index (χ1n) is 4.99. The molecule has 0 bridgehead atoms. The molecule has 0 saturated carbocycles. The van der Waals surface area contributed by atoms with Crippen LogP contribution in [-0.2, 0) is 11.8 Å². The molecule has 1 aliphatic carbocycles. The van der Waals surface area contributed by atoms with Crippen LogP contribution in [0.15, 0.2) is 12.1 Å². The van der Waals surface area contributed by atoms with Crippen molar-refractivity contribution in [3.05, 3.63) is 34.9 Å². The van der Waals surface area contributed by atoms with Gasteiger partial charge < -0.3 is 0 Å². The van der Waals surface area contributed by atoms with Gasteiger partial charge in [-0.3, -0.25) is 0 Å². The number of hydrogen-bond donors (Lipinski definition) is 0. The van der Waals surface area contributed by atoms with Crippen molar-refractivity contribution in [1.82, 2.24) is 0 Å².